The molecule has 2 aliphatic rings. The second kappa shape index (κ2) is 11.7. The molecule has 0 aromatic rings. The molecule has 4 atom stereocenters. The van der Waals surface area contributed by atoms with E-state index in [9.17, 15) is 14.4 Å². The highest BCUT2D eigenvalue weighted by Crippen LogP contribution is 2.26. The molecule has 1 aliphatic heterocycles. The molecule has 10 heteroatoms. The number of rotatable bonds is 9. The van der Waals surface area contributed by atoms with Gasteiger partial charge < -0.3 is 30.6 Å². The van der Waals surface area contributed by atoms with Crippen LogP contribution in [0, 0.1) is 0 Å². The Morgan fingerprint density at radius 2 is 2.21 bits per heavy atom. The van der Waals surface area contributed by atoms with Crippen LogP contribution in [0.5, 0.6) is 0 Å². The van der Waals surface area contributed by atoms with Gasteiger partial charge in [-0.2, -0.15) is 0 Å². The number of carbonyl (C=O) groups is 3. The minimum absolute atomic E-state index is 0.00675. The van der Waals surface area contributed by atoms with Gasteiger partial charge >= 0.3 is 6.09 Å². The van der Waals surface area contributed by atoms with Crippen molar-refractivity contribution in [3.8, 4) is 0 Å². The molecular weight excluding hydrogens is 380 g/mol. The third-order valence-electron chi connectivity index (χ3n) is 5.02. The minimum Gasteiger partial charge on any atom is -0.450 e. The monoisotopic (exact) mass is 412 g/mol. The summed E-state index contributed by atoms with van der Waals surface area (Å²) in [6.07, 6.45) is 3.61. The summed E-state index contributed by atoms with van der Waals surface area (Å²) in [6, 6.07) is -0.837. The van der Waals surface area contributed by atoms with E-state index in [1.54, 1.807) is 6.92 Å². The van der Waals surface area contributed by atoms with Crippen LogP contribution in [0.15, 0.2) is 11.8 Å². The van der Waals surface area contributed by atoms with E-state index in [4.69, 9.17) is 19.9 Å². The first-order chi connectivity index (χ1) is 13.9. The molecule has 0 unspecified atom stereocenters. The maximum atomic E-state index is 11.7. The van der Waals surface area contributed by atoms with Gasteiger partial charge in [0.1, 0.15) is 5.76 Å². The summed E-state index contributed by atoms with van der Waals surface area (Å²) in [5.41, 5.74) is 6.27. The number of amides is 2. The number of alkyl carbamates (subject to hydrolysis) is 1. The smallest absolute Gasteiger partial charge is 0.407 e. The van der Waals surface area contributed by atoms with Crippen molar-refractivity contribution in [2.24, 2.45) is 5.73 Å². The van der Waals surface area contributed by atoms with Crippen molar-refractivity contribution in [1.29, 1.82) is 0 Å². The van der Waals surface area contributed by atoms with Gasteiger partial charge in [0, 0.05) is 32.5 Å². The summed E-state index contributed by atoms with van der Waals surface area (Å²) >= 11 is 0. The summed E-state index contributed by atoms with van der Waals surface area (Å²) in [5.74, 6) is 0.360. The number of likely N-dealkylation sites (tertiary alicyclic amines) is 1. The predicted octanol–water partition coefficient (Wildman–Crippen LogP) is -0.125. The number of hydrogen-bond acceptors (Lipinski definition) is 8. The lowest BCUT2D eigenvalue weighted by Gasteiger charge is -2.44. The molecule has 164 valence electrons. The summed E-state index contributed by atoms with van der Waals surface area (Å²) in [7, 11) is 0. The lowest BCUT2D eigenvalue weighted by molar-refractivity contribution is -0.126. The fraction of sp³-hybridized carbons (Fsp3) is 0.737. The Bertz CT molecular complexity index is 599. The number of hydrogen-bond donors (Lipinski definition) is 3. The second-order valence-corrected chi connectivity index (χ2v) is 7.21. The van der Waals surface area contributed by atoms with E-state index in [-0.39, 0.29) is 30.1 Å². The van der Waals surface area contributed by atoms with Crippen LogP contribution in [0.25, 0.3) is 0 Å². The molecule has 1 saturated heterocycles. The van der Waals surface area contributed by atoms with Gasteiger partial charge in [-0.3, -0.25) is 14.5 Å². The molecule has 29 heavy (non-hydrogen) atoms. The largest absolute Gasteiger partial charge is 0.450 e. The van der Waals surface area contributed by atoms with Crippen molar-refractivity contribution in [1.82, 2.24) is 15.5 Å². The van der Waals surface area contributed by atoms with Gasteiger partial charge in [-0.05, 0) is 32.4 Å². The molecule has 0 aromatic carbocycles. The standard InChI is InChI=1S/C19H32N4O6/c1-3-27-19(26)21-6-8-28-14-5-4-7-23(11-14)17-10-15(29-12-24)9-16(20)18(17)22-13(2)25/h10,12,14,16-18H,3-9,11,20H2,1-2H3,(H,21,26)(H,22,25)/t14-,16+,17-,18-/m1/s1. The molecule has 0 bridgehead atoms. The molecule has 0 aromatic heterocycles. The number of nitrogens with two attached hydrogens (primary N) is 1. The number of carbonyl (C=O) groups excluding carboxylic acids is 3. The van der Waals surface area contributed by atoms with Gasteiger partial charge in [0.15, 0.2) is 0 Å². The van der Waals surface area contributed by atoms with Crippen LogP contribution >= 0.6 is 0 Å². The molecule has 0 radical (unpaired) electrons. The Balaban J connectivity index is 1.96. The maximum absolute atomic E-state index is 11.7. The zero-order chi connectivity index (χ0) is 21.2. The highest BCUT2D eigenvalue weighted by molar-refractivity contribution is 5.73. The van der Waals surface area contributed by atoms with E-state index < -0.39 is 6.09 Å². The molecule has 0 saturated carbocycles. The quantitative estimate of drug-likeness (QED) is 0.353. The zero-order valence-electron chi connectivity index (χ0n) is 17.1. The molecule has 1 fully saturated rings. The average Bonchev–Trinajstić information content (AvgIpc) is 2.67. The third kappa shape index (κ3) is 7.30. The van der Waals surface area contributed by atoms with Crippen molar-refractivity contribution in [2.75, 3.05) is 32.8 Å². The van der Waals surface area contributed by atoms with E-state index in [0.717, 1.165) is 19.4 Å². The number of nitrogens with one attached hydrogen (secondary N) is 2. The zero-order valence-corrected chi connectivity index (χ0v) is 17.1. The van der Waals surface area contributed by atoms with Crippen LogP contribution < -0.4 is 16.4 Å². The summed E-state index contributed by atoms with van der Waals surface area (Å²) in [5, 5.41) is 5.57. The Hall–Kier alpha value is -2.17. The predicted molar refractivity (Wildman–Crippen MR) is 105 cm³/mol. The summed E-state index contributed by atoms with van der Waals surface area (Å²) < 4.78 is 15.8. The van der Waals surface area contributed by atoms with Crippen LogP contribution in [0.2, 0.25) is 0 Å². The molecule has 2 amide bonds. The van der Waals surface area contributed by atoms with Gasteiger partial charge in [0.25, 0.3) is 6.47 Å². The van der Waals surface area contributed by atoms with Gasteiger partial charge in [-0.1, -0.05) is 0 Å². The van der Waals surface area contributed by atoms with Crippen LogP contribution in [0.3, 0.4) is 0 Å². The van der Waals surface area contributed by atoms with Gasteiger partial charge in [0.2, 0.25) is 5.91 Å². The number of piperidine rings is 1. The van der Waals surface area contributed by atoms with E-state index in [1.165, 1.54) is 6.92 Å². The fourth-order valence-corrected chi connectivity index (χ4v) is 3.82. The van der Waals surface area contributed by atoms with E-state index in [1.807, 2.05) is 6.08 Å². The van der Waals surface area contributed by atoms with Crippen LogP contribution in [-0.4, -0.2) is 80.5 Å². The lowest BCUT2D eigenvalue weighted by Crippen LogP contribution is -2.62. The molecule has 1 heterocycles. The normalized spacial score (nSPS) is 27.5. The molecule has 4 N–H and O–H groups in total. The van der Waals surface area contributed by atoms with E-state index >= 15 is 0 Å². The Labute approximate surface area is 171 Å². The van der Waals surface area contributed by atoms with Crippen LogP contribution in [0.1, 0.15) is 33.1 Å². The topological polar surface area (TPSA) is 132 Å². The van der Waals surface area contributed by atoms with Crippen molar-refractivity contribution in [3.63, 3.8) is 0 Å². The lowest BCUT2D eigenvalue weighted by atomic mass is 9.88. The minimum atomic E-state index is -0.455. The first-order valence-corrected chi connectivity index (χ1v) is 10.0. The molecule has 0 spiro atoms. The second-order valence-electron chi connectivity index (χ2n) is 7.21. The first-order valence-electron chi connectivity index (χ1n) is 10.0. The number of ether oxygens (including phenoxy) is 3. The van der Waals surface area contributed by atoms with Gasteiger partial charge in [-0.25, -0.2) is 4.79 Å². The Morgan fingerprint density at radius 3 is 2.90 bits per heavy atom. The highest BCUT2D eigenvalue weighted by Gasteiger charge is 2.38. The first kappa shape index (κ1) is 23.1. The number of nitrogens with zero attached hydrogens (tertiary/aromatic N) is 1. The SMILES string of the molecule is CCOC(=O)NCCO[C@@H]1CCCN([C@@H]2C=C(OC=O)C[C@H](N)[C@H]2NC(C)=O)C1. The molecule has 2 rings (SSSR count). The Kier molecular flexibility index (Phi) is 9.36. The molecule has 10 nitrogen and oxygen atoms in total. The van der Waals surface area contributed by atoms with Crippen LogP contribution in [0.4, 0.5) is 4.79 Å². The highest BCUT2D eigenvalue weighted by atomic mass is 16.5. The van der Waals surface area contributed by atoms with Gasteiger partial charge in [-0.15, -0.1) is 0 Å². The van der Waals surface area contributed by atoms with E-state index in [2.05, 4.69) is 15.5 Å². The Morgan fingerprint density at radius 1 is 1.41 bits per heavy atom. The van der Waals surface area contributed by atoms with Gasteiger partial charge in [0.05, 0.1) is 31.4 Å². The third-order valence-corrected chi connectivity index (χ3v) is 5.02. The summed E-state index contributed by atoms with van der Waals surface area (Å²) in [4.78, 5) is 35.9. The molecular formula is C19H32N4O6. The van der Waals surface area contributed by atoms with Crippen molar-refractivity contribution in [3.05, 3.63) is 11.8 Å². The average molecular weight is 412 g/mol. The van der Waals surface area contributed by atoms with Crippen molar-refractivity contribution < 1.29 is 28.6 Å². The summed E-state index contributed by atoms with van der Waals surface area (Å²) in [6.45, 7) is 6.15. The van der Waals surface area contributed by atoms with Crippen molar-refractivity contribution >= 4 is 18.5 Å². The van der Waals surface area contributed by atoms with Crippen molar-refractivity contribution in [2.45, 2.75) is 57.3 Å². The maximum Gasteiger partial charge on any atom is 0.407 e. The fourth-order valence-electron chi connectivity index (χ4n) is 3.82. The molecule has 1 aliphatic carbocycles. The van der Waals surface area contributed by atoms with Crippen LogP contribution in [-0.2, 0) is 23.8 Å². The van der Waals surface area contributed by atoms with E-state index in [0.29, 0.717) is 45.0 Å².